The Morgan fingerprint density at radius 3 is 2.62 bits per heavy atom. The molecular weight excluding hydrogens is 228 g/mol. The van der Waals surface area contributed by atoms with Gasteiger partial charge in [0.15, 0.2) is 0 Å². The number of nitrogens with zero attached hydrogens (tertiary/aromatic N) is 2. The van der Waals surface area contributed by atoms with Crippen molar-refractivity contribution in [2.75, 3.05) is 5.73 Å². The summed E-state index contributed by atoms with van der Waals surface area (Å²) < 4.78 is 28.0. The molecule has 0 aliphatic heterocycles. The molecule has 0 amide bonds. The first-order valence-corrected chi connectivity index (χ1v) is 6.79. The molecule has 6 nitrogen and oxygen atoms in total. The Balaban J connectivity index is 2.21. The van der Waals surface area contributed by atoms with Crippen LogP contribution in [0.15, 0.2) is 11.1 Å². The predicted molar refractivity (Wildman–Crippen MR) is 60.2 cm³/mol. The highest BCUT2D eigenvalue weighted by Gasteiger charge is 2.26. The lowest BCUT2D eigenvalue weighted by molar-refractivity contribution is 0.552. The van der Waals surface area contributed by atoms with Crippen molar-refractivity contribution in [1.29, 1.82) is 0 Å². The van der Waals surface area contributed by atoms with Crippen molar-refractivity contribution in [3.63, 3.8) is 0 Å². The molecule has 1 saturated carbocycles. The summed E-state index contributed by atoms with van der Waals surface area (Å²) in [6.45, 7) is 0. The molecule has 1 aromatic rings. The molecule has 0 bridgehead atoms. The molecule has 1 heterocycles. The third-order valence-electron chi connectivity index (χ3n) is 2.92. The zero-order chi connectivity index (χ0) is 11.8. The Hall–Kier alpha value is -1.08. The third-order valence-corrected chi connectivity index (χ3v) is 4.45. The van der Waals surface area contributed by atoms with Gasteiger partial charge in [0.25, 0.3) is 0 Å². The molecular formula is C9H16N4O2S. The van der Waals surface area contributed by atoms with Crippen molar-refractivity contribution < 1.29 is 8.42 Å². The van der Waals surface area contributed by atoms with Gasteiger partial charge in [-0.2, -0.15) is 5.10 Å². The van der Waals surface area contributed by atoms with Gasteiger partial charge in [-0.25, -0.2) is 13.1 Å². The smallest absolute Gasteiger partial charge is 0.246 e. The van der Waals surface area contributed by atoms with Gasteiger partial charge in [-0.3, -0.25) is 4.68 Å². The van der Waals surface area contributed by atoms with Gasteiger partial charge in [-0.05, 0) is 12.8 Å². The van der Waals surface area contributed by atoms with Crippen LogP contribution in [-0.4, -0.2) is 24.2 Å². The van der Waals surface area contributed by atoms with Gasteiger partial charge >= 0.3 is 0 Å². The van der Waals surface area contributed by atoms with E-state index in [9.17, 15) is 8.42 Å². The van der Waals surface area contributed by atoms with E-state index in [-0.39, 0.29) is 16.8 Å². The quantitative estimate of drug-likeness (QED) is 0.796. The van der Waals surface area contributed by atoms with Gasteiger partial charge < -0.3 is 5.73 Å². The number of nitrogen functional groups attached to an aromatic ring is 1. The van der Waals surface area contributed by atoms with E-state index in [1.54, 1.807) is 7.05 Å². The number of rotatable bonds is 3. The van der Waals surface area contributed by atoms with Crippen LogP contribution in [-0.2, 0) is 17.1 Å². The lowest BCUT2D eigenvalue weighted by Gasteiger charge is -2.11. The average Bonchev–Trinajstić information content (AvgIpc) is 2.78. The van der Waals surface area contributed by atoms with Gasteiger partial charge in [-0.15, -0.1) is 0 Å². The van der Waals surface area contributed by atoms with Crippen molar-refractivity contribution in [2.24, 2.45) is 7.05 Å². The molecule has 7 heteroatoms. The first kappa shape index (κ1) is 11.4. The minimum atomic E-state index is -3.51. The number of anilines is 1. The number of aromatic nitrogens is 2. The Morgan fingerprint density at radius 2 is 2.12 bits per heavy atom. The fraction of sp³-hybridized carbons (Fsp3) is 0.667. The van der Waals surface area contributed by atoms with Gasteiger partial charge in [0.05, 0.1) is 6.20 Å². The van der Waals surface area contributed by atoms with Crippen molar-refractivity contribution >= 4 is 15.8 Å². The number of hydrogen-bond acceptors (Lipinski definition) is 4. The predicted octanol–water partition coefficient (Wildman–Crippen LogP) is 0.223. The normalized spacial score (nSPS) is 18.1. The number of hydrogen-bond donors (Lipinski definition) is 2. The highest BCUT2D eigenvalue weighted by molar-refractivity contribution is 7.89. The Labute approximate surface area is 94.9 Å². The van der Waals surface area contributed by atoms with E-state index >= 15 is 0 Å². The molecule has 0 aromatic carbocycles. The van der Waals surface area contributed by atoms with Crippen LogP contribution in [0.4, 0.5) is 5.82 Å². The summed E-state index contributed by atoms with van der Waals surface area (Å²) in [5.41, 5.74) is 5.64. The molecule has 1 aromatic heterocycles. The lowest BCUT2D eigenvalue weighted by atomic mass is 10.3. The summed E-state index contributed by atoms with van der Waals surface area (Å²) >= 11 is 0. The van der Waals surface area contributed by atoms with Crippen molar-refractivity contribution in [2.45, 2.75) is 36.6 Å². The number of sulfonamides is 1. The van der Waals surface area contributed by atoms with E-state index in [1.165, 1.54) is 10.9 Å². The molecule has 16 heavy (non-hydrogen) atoms. The largest absolute Gasteiger partial charge is 0.383 e. The highest BCUT2D eigenvalue weighted by atomic mass is 32.2. The van der Waals surface area contributed by atoms with Crippen molar-refractivity contribution in [3.05, 3.63) is 6.20 Å². The van der Waals surface area contributed by atoms with E-state index in [0.717, 1.165) is 25.7 Å². The van der Waals surface area contributed by atoms with E-state index in [0.29, 0.717) is 0 Å². The van der Waals surface area contributed by atoms with Gasteiger partial charge in [0.1, 0.15) is 10.7 Å². The van der Waals surface area contributed by atoms with Gasteiger partial charge in [0.2, 0.25) is 10.0 Å². The fourth-order valence-electron chi connectivity index (χ4n) is 1.96. The summed E-state index contributed by atoms with van der Waals surface area (Å²) in [6.07, 6.45) is 5.25. The SMILES string of the molecule is Cn1ncc(S(=O)(=O)NC2CCCC2)c1N. The second-order valence-electron chi connectivity index (χ2n) is 4.12. The zero-order valence-corrected chi connectivity index (χ0v) is 10.00. The van der Waals surface area contributed by atoms with Crippen molar-refractivity contribution in [1.82, 2.24) is 14.5 Å². The summed E-state index contributed by atoms with van der Waals surface area (Å²) in [5, 5.41) is 3.83. The molecule has 0 atom stereocenters. The molecule has 0 unspecified atom stereocenters. The van der Waals surface area contributed by atoms with Crippen LogP contribution in [0.1, 0.15) is 25.7 Å². The number of nitrogens with one attached hydrogen (secondary N) is 1. The first-order valence-electron chi connectivity index (χ1n) is 5.30. The molecule has 2 rings (SSSR count). The topological polar surface area (TPSA) is 90.0 Å². The van der Waals surface area contributed by atoms with Gasteiger partial charge in [-0.1, -0.05) is 12.8 Å². The summed E-state index contributed by atoms with van der Waals surface area (Å²) in [4.78, 5) is 0.0712. The standard InChI is InChI=1S/C9H16N4O2S/c1-13-9(10)8(6-11-13)16(14,15)12-7-4-2-3-5-7/h6-7,12H,2-5,10H2,1H3. The number of nitrogens with two attached hydrogens (primary N) is 1. The second-order valence-corrected chi connectivity index (χ2v) is 5.80. The van der Waals surface area contributed by atoms with Crippen LogP contribution in [0.2, 0.25) is 0 Å². The third kappa shape index (κ3) is 2.05. The second kappa shape index (κ2) is 4.06. The first-order chi connectivity index (χ1) is 7.50. The maximum atomic E-state index is 12.0. The summed E-state index contributed by atoms with van der Waals surface area (Å²) in [6, 6.07) is 0.0459. The van der Waals surface area contributed by atoms with Crippen LogP contribution in [0.25, 0.3) is 0 Å². The Kier molecular flexibility index (Phi) is 2.90. The maximum Gasteiger partial charge on any atom is 0.246 e. The Morgan fingerprint density at radius 1 is 1.50 bits per heavy atom. The molecule has 1 fully saturated rings. The van der Waals surface area contributed by atoms with Crippen molar-refractivity contribution in [3.8, 4) is 0 Å². The van der Waals surface area contributed by atoms with Crippen LogP contribution < -0.4 is 10.5 Å². The number of aryl methyl sites for hydroxylation is 1. The maximum absolute atomic E-state index is 12.0. The van der Waals surface area contributed by atoms with Crippen LogP contribution in [0.3, 0.4) is 0 Å². The van der Waals surface area contributed by atoms with Crippen LogP contribution in [0, 0.1) is 0 Å². The monoisotopic (exact) mass is 244 g/mol. The molecule has 90 valence electrons. The Bertz CT molecular complexity index is 474. The van der Waals surface area contributed by atoms with Crippen LogP contribution in [0.5, 0.6) is 0 Å². The highest BCUT2D eigenvalue weighted by Crippen LogP contribution is 2.22. The molecule has 3 N–H and O–H groups in total. The molecule has 1 aliphatic rings. The molecule has 0 radical (unpaired) electrons. The van der Waals surface area contributed by atoms with Gasteiger partial charge in [0, 0.05) is 13.1 Å². The minimum Gasteiger partial charge on any atom is -0.383 e. The molecule has 1 aliphatic carbocycles. The minimum absolute atomic E-state index is 0.0459. The fourth-order valence-corrected chi connectivity index (χ4v) is 3.36. The molecule has 0 spiro atoms. The van der Waals surface area contributed by atoms with E-state index < -0.39 is 10.0 Å². The average molecular weight is 244 g/mol. The zero-order valence-electron chi connectivity index (χ0n) is 9.18. The van der Waals surface area contributed by atoms with E-state index in [1.807, 2.05) is 0 Å². The molecule has 0 saturated heterocycles. The lowest BCUT2D eigenvalue weighted by Crippen LogP contribution is -2.32. The summed E-state index contributed by atoms with van der Waals surface area (Å²) in [5.74, 6) is 0.172. The van der Waals surface area contributed by atoms with Crippen LogP contribution >= 0.6 is 0 Å². The van der Waals surface area contributed by atoms with E-state index in [4.69, 9.17) is 5.73 Å². The van der Waals surface area contributed by atoms with E-state index in [2.05, 4.69) is 9.82 Å². The summed E-state index contributed by atoms with van der Waals surface area (Å²) in [7, 11) is -1.90.